The van der Waals surface area contributed by atoms with Crippen LogP contribution < -0.4 is 5.32 Å². The van der Waals surface area contributed by atoms with Crippen molar-refractivity contribution < 1.29 is 8.42 Å². The van der Waals surface area contributed by atoms with E-state index in [4.69, 9.17) is 0 Å². The van der Waals surface area contributed by atoms with Gasteiger partial charge in [0.15, 0.2) is 9.84 Å². The lowest BCUT2D eigenvalue weighted by atomic mass is 9.92. The Labute approximate surface area is 120 Å². The summed E-state index contributed by atoms with van der Waals surface area (Å²) in [5.41, 5.74) is 0.106. The van der Waals surface area contributed by atoms with Gasteiger partial charge in [0, 0.05) is 13.6 Å². The first-order chi connectivity index (χ1) is 8.38. The molecule has 1 fully saturated rings. The van der Waals surface area contributed by atoms with Gasteiger partial charge >= 0.3 is 0 Å². The maximum absolute atomic E-state index is 11.7. The fourth-order valence-corrected chi connectivity index (χ4v) is 6.80. The molecule has 0 saturated carbocycles. The lowest BCUT2D eigenvalue weighted by molar-refractivity contribution is 0.320. The lowest BCUT2D eigenvalue weighted by Gasteiger charge is -2.32. The molecular formula is C14H31NO2SSi. The molecule has 1 rings (SSSR count). The predicted molar refractivity (Wildman–Crippen MR) is 86.2 cm³/mol. The minimum Gasteiger partial charge on any atom is -0.312 e. The number of hydrogen-bond acceptors (Lipinski definition) is 3. The van der Waals surface area contributed by atoms with Crippen molar-refractivity contribution in [2.45, 2.75) is 58.4 Å². The van der Waals surface area contributed by atoms with Gasteiger partial charge in [-0.1, -0.05) is 25.7 Å². The summed E-state index contributed by atoms with van der Waals surface area (Å²) in [7, 11) is -3.93. The Hall–Kier alpha value is 0.127. The molecule has 1 aliphatic rings. The van der Waals surface area contributed by atoms with Crippen LogP contribution in [0.15, 0.2) is 0 Å². The van der Waals surface area contributed by atoms with Crippen LogP contribution in [-0.2, 0) is 9.84 Å². The fraction of sp³-hybridized carbons (Fsp3) is 1.00. The van der Waals surface area contributed by atoms with Crippen molar-refractivity contribution in [1.29, 1.82) is 0 Å². The average molecular weight is 306 g/mol. The molecule has 1 saturated heterocycles. The molecule has 0 amide bonds. The number of nitrogens with one attached hydrogen (secondary N) is 1. The standard InChI is InChI=1S/C14H31NO2SSi/c1-14(2,3)15-9-13(11-19(4,5)6)12-7-8-18(16,17)10-12/h12-13,15H,7-11H2,1-6H3. The molecule has 0 aliphatic carbocycles. The van der Waals surface area contributed by atoms with Crippen LogP contribution >= 0.6 is 0 Å². The van der Waals surface area contributed by atoms with Crippen molar-refractivity contribution in [2.24, 2.45) is 11.8 Å². The summed E-state index contributed by atoms with van der Waals surface area (Å²) in [6.45, 7) is 14.6. The van der Waals surface area contributed by atoms with E-state index in [-0.39, 0.29) is 5.54 Å². The summed E-state index contributed by atoms with van der Waals surface area (Å²) in [4.78, 5) is 0. The quantitative estimate of drug-likeness (QED) is 0.795. The van der Waals surface area contributed by atoms with Gasteiger partial charge in [-0.05, 0) is 45.6 Å². The van der Waals surface area contributed by atoms with Gasteiger partial charge in [0.25, 0.3) is 0 Å². The highest BCUT2D eigenvalue weighted by atomic mass is 32.2. The SMILES string of the molecule is CC(C)(C)NCC(C[Si](C)(C)C)C1CCS(=O)(=O)C1. The summed E-state index contributed by atoms with van der Waals surface area (Å²) in [5, 5.41) is 3.58. The van der Waals surface area contributed by atoms with Gasteiger partial charge < -0.3 is 5.32 Å². The van der Waals surface area contributed by atoms with E-state index in [1.165, 1.54) is 6.04 Å². The Morgan fingerprint density at radius 2 is 1.84 bits per heavy atom. The van der Waals surface area contributed by atoms with Crippen molar-refractivity contribution in [3.8, 4) is 0 Å². The van der Waals surface area contributed by atoms with Crippen LogP contribution in [0.2, 0.25) is 25.7 Å². The average Bonchev–Trinajstić information content (AvgIpc) is 2.50. The maximum Gasteiger partial charge on any atom is 0.150 e. The number of hydrogen-bond donors (Lipinski definition) is 1. The molecule has 0 aromatic carbocycles. The van der Waals surface area contributed by atoms with E-state index in [9.17, 15) is 8.42 Å². The second kappa shape index (κ2) is 5.86. The highest BCUT2D eigenvalue weighted by Crippen LogP contribution is 2.31. The van der Waals surface area contributed by atoms with E-state index in [1.807, 2.05) is 0 Å². The summed E-state index contributed by atoms with van der Waals surface area (Å²) in [6, 6.07) is 1.22. The highest BCUT2D eigenvalue weighted by molar-refractivity contribution is 7.91. The van der Waals surface area contributed by atoms with E-state index >= 15 is 0 Å². The summed E-state index contributed by atoms with van der Waals surface area (Å²) in [5.74, 6) is 1.69. The van der Waals surface area contributed by atoms with Crippen LogP contribution in [0.3, 0.4) is 0 Å². The van der Waals surface area contributed by atoms with Gasteiger partial charge in [0.1, 0.15) is 0 Å². The molecule has 2 unspecified atom stereocenters. The van der Waals surface area contributed by atoms with E-state index in [1.54, 1.807) is 0 Å². The molecule has 1 N–H and O–H groups in total. The normalized spacial score (nSPS) is 25.5. The predicted octanol–water partition coefficient (Wildman–Crippen LogP) is 2.76. The first kappa shape index (κ1) is 17.2. The monoisotopic (exact) mass is 305 g/mol. The molecule has 2 atom stereocenters. The zero-order chi connectivity index (χ0) is 14.9. The Bertz CT molecular complexity index is 393. The molecular weight excluding hydrogens is 274 g/mol. The fourth-order valence-electron chi connectivity index (χ4n) is 2.82. The summed E-state index contributed by atoms with van der Waals surface area (Å²) >= 11 is 0. The zero-order valence-electron chi connectivity index (χ0n) is 13.4. The largest absolute Gasteiger partial charge is 0.312 e. The first-order valence-corrected chi connectivity index (χ1v) is 12.9. The smallest absolute Gasteiger partial charge is 0.150 e. The van der Waals surface area contributed by atoms with Crippen molar-refractivity contribution in [2.75, 3.05) is 18.1 Å². The van der Waals surface area contributed by atoms with E-state index in [0.29, 0.717) is 23.3 Å². The molecule has 114 valence electrons. The van der Waals surface area contributed by atoms with E-state index in [2.05, 4.69) is 45.7 Å². The van der Waals surface area contributed by atoms with Crippen LogP contribution in [0.25, 0.3) is 0 Å². The van der Waals surface area contributed by atoms with Crippen LogP contribution in [-0.4, -0.2) is 40.1 Å². The molecule has 0 spiro atoms. The summed E-state index contributed by atoms with van der Waals surface area (Å²) < 4.78 is 23.4. The van der Waals surface area contributed by atoms with Gasteiger partial charge in [0.05, 0.1) is 11.5 Å². The Morgan fingerprint density at radius 1 is 1.26 bits per heavy atom. The molecule has 1 heterocycles. The van der Waals surface area contributed by atoms with E-state index < -0.39 is 17.9 Å². The maximum atomic E-state index is 11.7. The van der Waals surface area contributed by atoms with Gasteiger partial charge in [-0.3, -0.25) is 0 Å². The van der Waals surface area contributed by atoms with Crippen LogP contribution in [0.4, 0.5) is 0 Å². The number of rotatable bonds is 5. The molecule has 0 aromatic rings. The Balaban J connectivity index is 2.70. The Morgan fingerprint density at radius 3 is 2.21 bits per heavy atom. The molecule has 5 heteroatoms. The molecule has 0 bridgehead atoms. The molecule has 3 nitrogen and oxygen atoms in total. The van der Waals surface area contributed by atoms with Crippen molar-refractivity contribution >= 4 is 17.9 Å². The molecule has 1 aliphatic heterocycles. The van der Waals surface area contributed by atoms with E-state index in [0.717, 1.165) is 13.0 Å². The minimum atomic E-state index is -2.76. The van der Waals surface area contributed by atoms with Crippen molar-refractivity contribution in [3.05, 3.63) is 0 Å². The van der Waals surface area contributed by atoms with Crippen molar-refractivity contribution in [3.63, 3.8) is 0 Å². The molecule has 0 aromatic heterocycles. The first-order valence-electron chi connectivity index (χ1n) is 7.33. The second-order valence-electron chi connectivity index (χ2n) is 8.32. The van der Waals surface area contributed by atoms with Gasteiger partial charge in [0.2, 0.25) is 0 Å². The molecule has 19 heavy (non-hydrogen) atoms. The zero-order valence-corrected chi connectivity index (χ0v) is 15.2. The third-order valence-electron chi connectivity index (χ3n) is 3.70. The second-order valence-corrected chi connectivity index (χ2v) is 16.1. The third kappa shape index (κ3) is 6.91. The van der Waals surface area contributed by atoms with Gasteiger partial charge in [-0.25, -0.2) is 8.42 Å². The minimum absolute atomic E-state index is 0.106. The van der Waals surface area contributed by atoms with Gasteiger partial charge in [-0.2, -0.15) is 0 Å². The van der Waals surface area contributed by atoms with Crippen LogP contribution in [0.5, 0.6) is 0 Å². The van der Waals surface area contributed by atoms with Crippen LogP contribution in [0, 0.1) is 11.8 Å². The number of sulfone groups is 1. The van der Waals surface area contributed by atoms with Crippen LogP contribution in [0.1, 0.15) is 27.2 Å². The highest BCUT2D eigenvalue weighted by Gasteiger charge is 2.36. The van der Waals surface area contributed by atoms with Gasteiger partial charge in [-0.15, -0.1) is 0 Å². The third-order valence-corrected chi connectivity index (χ3v) is 7.25. The molecule has 0 radical (unpaired) electrons. The lowest BCUT2D eigenvalue weighted by Crippen LogP contribution is -2.43. The summed E-state index contributed by atoms with van der Waals surface area (Å²) in [6.07, 6.45) is 0.864. The van der Waals surface area contributed by atoms with Crippen molar-refractivity contribution in [1.82, 2.24) is 5.32 Å². The topological polar surface area (TPSA) is 46.2 Å². The Kier molecular flexibility index (Phi) is 5.30.